The molecule has 7 heteroatoms. The molecule has 0 saturated carbocycles. The molecule has 1 aliphatic heterocycles. The maximum absolute atomic E-state index is 14.3. The van der Waals surface area contributed by atoms with Crippen LogP contribution in [0.5, 0.6) is 0 Å². The first-order chi connectivity index (χ1) is 14.4. The molecule has 2 amide bonds. The van der Waals surface area contributed by atoms with Crippen LogP contribution in [-0.4, -0.2) is 17.9 Å². The molecule has 0 radical (unpaired) electrons. The first kappa shape index (κ1) is 20.0. The molecule has 0 N–H and O–H groups in total. The van der Waals surface area contributed by atoms with Crippen LogP contribution in [-0.2, 0) is 11.3 Å². The first-order valence-corrected chi connectivity index (χ1v) is 9.68. The standard InChI is InChI=1S/C23H17ClF2N2O2/c1-14-22(29)27(13-15-6-8-16(24)9-7-15)20-4-2-3-5-21(20)28(14)23(30)18-11-10-17(25)12-19(18)26/h2-12,14H,13H2,1H3/t14-/m0/s1. The lowest BCUT2D eigenvalue weighted by Gasteiger charge is -2.40. The SMILES string of the molecule is C[C@H]1C(=O)N(Cc2ccc(Cl)cc2)c2ccccc2N1C(=O)c1ccc(F)cc1F. The van der Waals surface area contributed by atoms with Crippen molar-refractivity contribution in [2.24, 2.45) is 0 Å². The Balaban J connectivity index is 1.75. The van der Waals surface area contributed by atoms with Gasteiger partial charge >= 0.3 is 0 Å². The molecule has 3 aromatic carbocycles. The van der Waals surface area contributed by atoms with Gasteiger partial charge in [0.25, 0.3) is 5.91 Å². The number of benzene rings is 3. The summed E-state index contributed by atoms with van der Waals surface area (Å²) in [6.07, 6.45) is 0. The third-order valence-corrected chi connectivity index (χ3v) is 5.33. The van der Waals surface area contributed by atoms with E-state index in [1.807, 2.05) is 12.1 Å². The zero-order chi connectivity index (χ0) is 21.4. The van der Waals surface area contributed by atoms with E-state index in [9.17, 15) is 18.4 Å². The van der Waals surface area contributed by atoms with Crippen molar-refractivity contribution < 1.29 is 18.4 Å². The van der Waals surface area contributed by atoms with Crippen LogP contribution in [0.15, 0.2) is 66.7 Å². The lowest BCUT2D eigenvalue weighted by molar-refractivity contribution is -0.119. The summed E-state index contributed by atoms with van der Waals surface area (Å²) >= 11 is 5.94. The molecular weight excluding hydrogens is 410 g/mol. The van der Waals surface area contributed by atoms with E-state index in [0.717, 1.165) is 17.7 Å². The summed E-state index contributed by atoms with van der Waals surface area (Å²) in [4.78, 5) is 29.2. The Bertz CT molecular complexity index is 1130. The van der Waals surface area contributed by atoms with E-state index in [1.54, 1.807) is 48.2 Å². The minimum Gasteiger partial charge on any atom is -0.304 e. The average molecular weight is 427 g/mol. The summed E-state index contributed by atoms with van der Waals surface area (Å²) in [7, 11) is 0. The van der Waals surface area contributed by atoms with E-state index >= 15 is 0 Å². The molecule has 0 fully saturated rings. The quantitative estimate of drug-likeness (QED) is 0.577. The highest BCUT2D eigenvalue weighted by molar-refractivity contribution is 6.30. The molecular formula is C23H17ClF2N2O2. The number of hydrogen-bond acceptors (Lipinski definition) is 2. The van der Waals surface area contributed by atoms with Gasteiger partial charge in [-0.1, -0.05) is 35.9 Å². The molecule has 3 aromatic rings. The molecule has 0 aliphatic carbocycles. The Kier molecular flexibility index (Phi) is 5.26. The Hall–Kier alpha value is -3.25. The molecule has 0 aromatic heterocycles. The molecule has 0 bridgehead atoms. The second-order valence-electron chi connectivity index (χ2n) is 7.01. The van der Waals surface area contributed by atoms with Gasteiger partial charge in [0.15, 0.2) is 0 Å². The highest BCUT2D eigenvalue weighted by Gasteiger charge is 2.39. The molecule has 152 valence electrons. The fraction of sp³-hybridized carbons (Fsp3) is 0.130. The minimum absolute atomic E-state index is 0.294. The number of nitrogens with zero attached hydrogens (tertiary/aromatic N) is 2. The lowest BCUT2D eigenvalue weighted by atomic mass is 10.0. The number of anilines is 2. The topological polar surface area (TPSA) is 40.6 Å². The molecule has 1 heterocycles. The van der Waals surface area contributed by atoms with Crippen LogP contribution in [0.1, 0.15) is 22.8 Å². The van der Waals surface area contributed by atoms with Crippen LogP contribution in [0.3, 0.4) is 0 Å². The predicted octanol–water partition coefficient (Wildman–Crippen LogP) is 5.20. The summed E-state index contributed by atoms with van der Waals surface area (Å²) < 4.78 is 27.5. The lowest BCUT2D eigenvalue weighted by Crippen LogP contribution is -2.54. The van der Waals surface area contributed by atoms with Crippen LogP contribution < -0.4 is 9.80 Å². The summed E-state index contributed by atoms with van der Waals surface area (Å²) in [6, 6.07) is 16.0. The average Bonchev–Trinajstić information content (AvgIpc) is 2.72. The summed E-state index contributed by atoms with van der Waals surface area (Å²) in [5.41, 5.74) is 1.59. The molecule has 1 aliphatic rings. The van der Waals surface area contributed by atoms with Crippen molar-refractivity contribution in [3.63, 3.8) is 0 Å². The molecule has 0 spiro atoms. The molecule has 30 heavy (non-hydrogen) atoms. The van der Waals surface area contributed by atoms with Crippen LogP contribution in [0.4, 0.5) is 20.2 Å². The summed E-state index contributed by atoms with van der Waals surface area (Å²) in [5, 5.41) is 0.593. The normalized spacial score (nSPS) is 15.9. The van der Waals surface area contributed by atoms with Crippen molar-refractivity contribution in [3.8, 4) is 0 Å². The monoisotopic (exact) mass is 426 g/mol. The van der Waals surface area contributed by atoms with Gasteiger partial charge in [0.2, 0.25) is 5.91 Å². The van der Waals surface area contributed by atoms with E-state index < -0.39 is 23.6 Å². The fourth-order valence-electron chi connectivity index (χ4n) is 3.57. The third-order valence-electron chi connectivity index (χ3n) is 5.08. The van der Waals surface area contributed by atoms with Gasteiger partial charge in [0.1, 0.15) is 17.7 Å². The Morgan fingerprint density at radius 3 is 2.33 bits per heavy atom. The largest absolute Gasteiger partial charge is 0.304 e. The van der Waals surface area contributed by atoms with Crippen molar-refractivity contribution >= 4 is 34.8 Å². The van der Waals surface area contributed by atoms with Crippen molar-refractivity contribution in [3.05, 3.63) is 94.5 Å². The van der Waals surface area contributed by atoms with E-state index in [1.165, 1.54) is 4.90 Å². The van der Waals surface area contributed by atoms with E-state index in [2.05, 4.69) is 0 Å². The number of carbonyl (C=O) groups excluding carboxylic acids is 2. The van der Waals surface area contributed by atoms with Gasteiger partial charge < -0.3 is 4.90 Å². The van der Waals surface area contributed by atoms with Crippen LogP contribution >= 0.6 is 11.6 Å². The second-order valence-corrected chi connectivity index (χ2v) is 7.45. The zero-order valence-electron chi connectivity index (χ0n) is 16.0. The van der Waals surface area contributed by atoms with Crippen molar-refractivity contribution in [2.45, 2.75) is 19.5 Å². The van der Waals surface area contributed by atoms with Gasteiger partial charge in [-0.3, -0.25) is 14.5 Å². The number of amides is 2. The number of hydrogen-bond donors (Lipinski definition) is 0. The van der Waals surface area contributed by atoms with E-state index in [0.29, 0.717) is 29.0 Å². The number of fused-ring (bicyclic) bond motifs is 1. The number of carbonyl (C=O) groups is 2. The molecule has 4 rings (SSSR count). The zero-order valence-corrected chi connectivity index (χ0v) is 16.7. The highest BCUT2D eigenvalue weighted by atomic mass is 35.5. The Morgan fingerprint density at radius 1 is 1.00 bits per heavy atom. The van der Waals surface area contributed by atoms with Crippen molar-refractivity contribution in [1.29, 1.82) is 0 Å². The van der Waals surface area contributed by atoms with Crippen LogP contribution in [0, 0.1) is 11.6 Å². The van der Waals surface area contributed by atoms with Crippen LogP contribution in [0.2, 0.25) is 5.02 Å². The van der Waals surface area contributed by atoms with Gasteiger partial charge in [-0.05, 0) is 48.9 Å². The van der Waals surface area contributed by atoms with Crippen molar-refractivity contribution in [2.75, 3.05) is 9.80 Å². The highest BCUT2D eigenvalue weighted by Crippen LogP contribution is 2.38. The number of para-hydroxylation sites is 2. The van der Waals surface area contributed by atoms with Crippen molar-refractivity contribution in [1.82, 2.24) is 0 Å². The number of rotatable bonds is 3. The second kappa shape index (κ2) is 7.88. The molecule has 0 saturated heterocycles. The van der Waals surface area contributed by atoms with E-state index in [4.69, 9.17) is 11.6 Å². The van der Waals surface area contributed by atoms with Gasteiger partial charge in [0.05, 0.1) is 23.5 Å². The van der Waals surface area contributed by atoms with Crippen LogP contribution in [0.25, 0.3) is 0 Å². The smallest absolute Gasteiger partial charge is 0.262 e. The summed E-state index contributed by atoms with van der Waals surface area (Å²) in [6.45, 7) is 1.89. The maximum atomic E-state index is 14.3. The van der Waals surface area contributed by atoms with E-state index in [-0.39, 0.29) is 11.5 Å². The predicted molar refractivity (Wildman–Crippen MR) is 112 cm³/mol. The minimum atomic E-state index is -0.972. The van der Waals surface area contributed by atoms with Gasteiger partial charge in [-0.2, -0.15) is 0 Å². The maximum Gasteiger partial charge on any atom is 0.262 e. The fourth-order valence-corrected chi connectivity index (χ4v) is 3.70. The molecule has 4 nitrogen and oxygen atoms in total. The molecule has 0 unspecified atom stereocenters. The van der Waals surface area contributed by atoms with Gasteiger partial charge in [0, 0.05) is 11.1 Å². The Morgan fingerprint density at radius 2 is 1.67 bits per heavy atom. The number of halogens is 3. The first-order valence-electron chi connectivity index (χ1n) is 9.30. The third kappa shape index (κ3) is 3.55. The Labute approximate surface area is 177 Å². The molecule has 1 atom stereocenters. The van der Waals surface area contributed by atoms with Gasteiger partial charge in [-0.15, -0.1) is 0 Å². The summed E-state index contributed by atoms with van der Waals surface area (Å²) in [5.74, 6) is -2.76. The van der Waals surface area contributed by atoms with Gasteiger partial charge in [-0.25, -0.2) is 8.78 Å².